The lowest BCUT2D eigenvalue weighted by Gasteiger charge is -2.44. The van der Waals surface area contributed by atoms with Gasteiger partial charge in [0.15, 0.2) is 0 Å². The zero-order chi connectivity index (χ0) is 23.0. The molecule has 2 aromatic carbocycles. The van der Waals surface area contributed by atoms with Gasteiger partial charge >= 0.3 is 0 Å². The van der Waals surface area contributed by atoms with Crippen molar-refractivity contribution in [2.75, 3.05) is 4.90 Å². The molecular formula is C28H33N3O2. The highest BCUT2D eigenvalue weighted by atomic mass is 16.2. The zero-order valence-corrected chi connectivity index (χ0v) is 19.6. The van der Waals surface area contributed by atoms with Gasteiger partial charge in [-0.25, -0.2) is 0 Å². The molecule has 2 aliphatic rings. The molecule has 1 aliphatic heterocycles. The molecule has 0 saturated heterocycles. The van der Waals surface area contributed by atoms with E-state index in [9.17, 15) is 9.59 Å². The summed E-state index contributed by atoms with van der Waals surface area (Å²) in [7, 11) is 0. The lowest BCUT2D eigenvalue weighted by atomic mass is 9.91. The maximum atomic E-state index is 13.9. The number of anilines is 1. The Morgan fingerprint density at radius 1 is 0.970 bits per heavy atom. The molecule has 1 aromatic heterocycles. The van der Waals surface area contributed by atoms with Gasteiger partial charge in [0.05, 0.1) is 6.54 Å². The minimum absolute atomic E-state index is 0.0644. The van der Waals surface area contributed by atoms with E-state index in [1.165, 1.54) is 19.3 Å². The molecule has 33 heavy (non-hydrogen) atoms. The van der Waals surface area contributed by atoms with Gasteiger partial charge in [-0.1, -0.05) is 68.0 Å². The molecule has 5 nitrogen and oxygen atoms in total. The molecule has 5 heteroatoms. The summed E-state index contributed by atoms with van der Waals surface area (Å²) in [5, 5.41) is 4.38. The van der Waals surface area contributed by atoms with Crippen LogP contribution in [0.25, 0.3) is 10.9 Å². The number of para-hydroxylation sites is 1. The molecule has 0 spiro atoms. The van der Waals surface area contributed by atoms with Crippen LogP contribution in [0, 0.1) is 6.92 Å². The lowest BCUT2D eigenvalue weighted by molar-refractivity contribution is -0.127. The van der Waals surface area contributed by atoms with E-state index in [1.807, 2.05) is 73.0 Å². The average Bonchev–Trinajstić information content (AvgIpc) is 3.15. The first kappa shape index (κ1) is 21.7. The molecule has 1 saturated carbocycles. The highest BCUT2D eigenvalue weighted by Gasteiger charge is 2.48. The molecule has 1 unspecified atom stereocenters. The van der Waals surface area contributed by atoms with Gasteiger partial charge in [0.25, 0.3) is 5.91 Å². The number of fused-ring (bicyclic) bond motifs is 3. The van der Waals surface area contributed by atoms with Gasteiger partial charge in [0, 0.05) is 22.6 Å². The summed E-state index contributed by atoms with van der Waals surface area (Å²) in [6, 6.07) is 18.0. The second-order valence-corrected chi connectivity index (χ2v) is 9.94. The van der Waals surface area contributed by atoms with Gasteiger partial charge in [-0.15, -0.1) is 0 Å². The van der Waals surface area contributed by atoms with Crippen molar-refractivity contribution in [3.8, 4) is 0 Å². The third kappa shape index (κ3) is 3.94. The van der Waals surface area contributed by atoms with Crippen LogP contribution in [0.1, 0.15) is 67.9 Å². The van der Waals surface area contributed by atoms with Crippen LogP contribution < -0.4 is 10.2 Å². The first-order valence-electron chi connectivity index (χ1n) is 12.3. The average molecular weight is 444 g/mol. The number of aromatic nitrogens is 1. The fourth-order valence-corrected chi connectivity index (χ4v) is 5.49. The van der Waals surface area contributed by atoms with Crippen LogP contribution in [0.5, 0.6) is 0 Å². The summed E-state index contributed by atoms with van der Waals surface area (Å²) in [6.45, 7) is 4.37. The van der Waals surface area contributed by atoms with Gasteiger partial charge in [0.1, 0.15) is 11.2 Å². The molecule has 1 aliphatic carbocycles. The molecule has 5 rings (SSSR count). The number of hydrogen-bond donors (Lipinski definition) is 1. The fraction of sp³-hybridized carbons (Fsp3) is 0.429. The van der Waals surface area contributed by atoms with E-state index in [0.29, 0.717) is 12.2 Å². The Labute approximate surface area is 195 Å². The van der Waals surface area contributed by atoms with Crippen molar-refractivity contribution in [3.63, 3.8) is 0 Å². The van der Waals surface area contributed by atoms with Crippen molar-refractivity contribution in [1.82, 2.24) is 9.88 Å². The van der Waals surface area contributed by atoms with E-state index in [1.54, 1.807) is 4.90 Å². The monoisotopic (exact) mass is 443 g/mol. The van der Waals surface area contributed by atoms with Crippen molar-refractivity contribution < 1.29 is 9.59 Å². The molecule has 1 fully saturated rings. The maximum absolute atomic E-state index is 13.9. The van der Waals surface area contributed by atoms with Gasteiger partial charge in [-0.3, -0.25) is 14.5 Å². The number of hydrogen-bond acceptors (Lipinski definition) is 2. The molecule has 2 heterocycles. The number of benzene rings is 2. The quantitative estimate of drug-likeness (QED) is 0.573. The topological polar surface area (TPSA) is 54.3 Å². The van der Waals surface area contributed by atoms with E-state index in [2.05, 4.69) is 5.32 Å². The Kier molecular flexibility index (Phi) is 5.73. The number of nitrogens with zero attached hydrogens (tertiary/aromatic N) is 2. The first-order chi connectivity index (χ1) is 16.0. The minimum Gasteiger partial charge on any atom is -0.351 e. The van der Waals surface area contributed by atoms with Crippen molar-refractivity contribution in [3.05, 3.63) is 65.9 Å². The van der Waals surface area contributed by atoms with Gasteiger partial charge < -0.3 is 9.88 Å². The summed E-state index contributed by atoms with van der Waals surface area (Å²) < 4.78 is 2.03. The van der Waals surface area contributed by atoms with Crippen molar-refractivity contribution in [1.29, 1.82) is 0 Å². The van der Waals surface area contributed by atoms with Crippen LogP contribution in [-0.2, 0) is 11.3 Å². The predicted octanol–water partition coefficient (Wildman–Crippen LogP) is 5.60. The molecule has 2 amide bonds. The van der Waals surface area contributed by atoms with Crippen LogP contribution in [0.15, 0.2) is 54.6 Å². The lowest BCUT2D eigenvalue weighted by Crippen LogP contribution is -2.65. The Bertz CT molecular complexity index is 1170. The number of amides is 2. The maximum Gasteiger partial charge on any atom is 0.275 e. The molecule has 1 atom stereocenters. The van der Waals surface area contributed by atoms with Gasteiger partial charge in [-0.05, 0) is 51.0 Å². The van der Waals surface area contributed by atoms with Crippen LogP contribution in [0.3, 0.4) is 0 Å². The molecular weight excluding hydrogens is 410 g/mol. The Morgan fingerprint density at radius 3 is 2.36 bits per heavy atom. The van der Waals surface area contributed by atoms with E-state index >= 15 is 0 Å². The number of aryl methyl sites for hydroxylation is 1. The SMILES string of the molecule is Cc1ccc(N2C(=O)c3cc4ccccc4n3CC2(C)C(=O)NC2CCCCCCC2)cc1. The second-order valence-electron chi connectivity index (χ2n) is 9.94. The third-order valence-corrected chi connectivity index (χ3v) is 7.41. The molecule has 3 aromatic rings. The number of nitrogens with one attached hydrogen (secondary N) is 1. The summed E-state index contributed by atoms with van der Waals surface area (Å²) in [5.41, 5.74) is 2.49. The van der Waals surface area contributed by atoms with Crippen molar-refractivity contribution in [2.45, 2.75) is 76.9 Å². The smallest absolute Gasteiger partial charge is 0.275 e. The third-order valence-electron chi connectivity index (χ3n) is 7.41. The number of carbonyl (C=O) groups excluding carboxylic acids is 2. The summed E-state index contributed by atoms with van der Waals surface area (Å²) in [4.78, 5) is 29.6. The number of carbonyl (C=O) groups is 2. The largest absolute Gasteiger partial charge is 0.351 e. The molecule has 172 valence electrons. The van der Waals surface area contributed by atoms with E-state index in [-0.39, 0.29) is 17.9 Å². The van der Waals surface area contributed by atoms with Gasteiger partial charge in [0.2, 0.25) is 5.91 Å². The molecule has 1 N–H and O–H groups in total. The van der Waals surface area contributed by atoms with Crippen LogP contribution in [0.2, 0.25) is 0 Å². The fourth-order valence-electron chi connectivity index (χ4n) is 5.49. The summed E-state index contributed by atoms with van der Waals surface area (Å²) in [6.07, 6.45) is 8.07. The summed E-state index contributed by atoms with van der Waals surface area (Å²) in [5.74, 6) is -0.193. The van der Waals surface area contributed by atoms with E-state index < -0.39 is 5.54 Å². The first-order valence-corrected chi connectivity index (χ1v) is 12.3. The second kappa shape index (κ2) is 8.69. The highest BCUT2D eigenvalue weighted by Crippen LogP contribution is 2.36. The predicted molar refractivity (Wildman–Crippen MR) is 133 cm³/mol. The molecule has 0 bridgehead atoms. The van der Waals surface area contributed by atoms with E-state index in [4.69, 9.17) is 0 Å². The van der Waals surface area contributed by atoms with Crippen LogP contribution in [0.4, 0.5) is 5.69 Å². The molecule has 0 radical (unpaired) electrons. The standard InChI is InChI=1S/C28H33N3O2/c1-20-14-16-23(17-15-20)31-26(32)25-18-21-10-8-9-13-24(21)30(25)19-28(31,2)27(33)29-22-11-6-4-3-5-7-12-22/h8-10,13-18,22H,3-7,11-12,19H2,1-2H3,(H,29,33). The van der Waals surface area contributed by atoms with E-state index in [0.717, 1.165) is 47.8 Å². The summed E-state index contributed by atoms with van der Waals surface area (Å²) >= 11 is 0. The minimum atomic E-state index is -1.02. The van der Waals surface area contributed by atoms with Crippen LogP contribution >= 0.6 is 0 Å². The Hall–Kier alpha value is -3.08. The van der Waals surface area contributed by atoms with Crippen LogP contribution in [-0.4, -0.2) is 28.0 Å². The normalized spacial score (nSPS) is 22.0. The van der Waals surface area contributed by atoms with Crippen molar-refractivity contribution in [2.24, 2.45) is 0 Å². The van der Waals surface area contributed by atoms with Crippen molar-refractivity contribution >= 4 is 28.4 Å². The van der Waals surface area contributed by atoms with Gasteiger partial charge in [-0.2, -0.15) is 0 Å². The Morgan fingerprint density at radius 2 is 1.64 bits per heavy atom. The zero-order valence-electron chi connectivity index (χ0n) is 19.6. The number of rotatable bonds is 3. The Balaban J connectivity index is 1.56. The highest BCUT2D eigenvalue weighted by molar-refractivity contribution is 6.14.